The smallest absolute Gasteiger partial charge is 0.323 e. The molecule has 0 saturated carbocycles. The van der Waals surface area contributed by atoms with Crippen LogP contribution in [-0.4, -0.2) is 34.5 Å². The Morgan fingerprint density at radius 2 is 1.95 bits per heavy atom. The summed E-state index contributed by atoms with van der Waals surface area (Å²) >= 11 is 0. The van der Waals surface area contributed by atoms with Crippen LogP contribution in [0.4, 0.5) is 8.78 Å². The van der Waals surface area contributed by atoms with Gasteiger partial charge in [0.2, 0.25) is 5.91 Å². The number of amides is 1. The fourth-order valence-electron chi connectivity index (χ4n) is 1.65. The van der Waals surface area contributed by atoms with Gasteiger partial charge in [0.25, 0.3) is 0 Å². The first-order valence-corrected chi connectivity index (χ1v) is 5.76. The Bertz CT molecular complexity index is 489. The van der Waals surface area contributed by atoms with Crippen LogP contribution >= 0.6 is 0 Å². The van der Waals surface area contributed by atoms with Crippen LogP contribution in [0.2, 0.25) is 0 Å². The SMILES string of the molecule is CC(C)N(CC(=O)O)C(=O)Cc1cc(F)ccc1F. The van der Waals surface area contributed by atoms with E-state index in [1.807, 2.05) is 0 Å². The van der Waals surface area contributed by atoms with E-state index in [-0.39, 0.29) is 18.0 Å². The van der Waals surface area contributed by atoms with Gasteiger partial charge < -0.3 is 10.0 Å². The molecule has 0 radical (unpaired) electrons. The van der Waals surface area contributed by atoms with E-state index < -0.39 is 30.1 Å². The van der Waals surface area contributed by atoms with E-state index in [0.29, 0.717) is 0 Å². The van der Waals surface area contributed by atoms with E-state index in [1.165, 1.54) is 0 Å². The first-order valence-electron chi connectivity index (χ1n) is 5.76. The summed E-state index contributed by atoms with van der Waals surface area (Å²) in [4.78, 5) is 23.7. The average Bonchev–Trinajstić information content (AvgIpc) is 2.30. The number of hydrogen-bond donors (Lipinski definition) is 1. The van der Waals surface area contributed by atoms with Crippen LogP contribution in [-0.2, 0) is 16.0 Å². The summed E-state index contributed by atoms with van der Waals surface area (Å²) in [6.07, 6.45) is -0.366. The van der Waals surface area contributed by atoms with E-state index in [4.69, 9.17) is 5.11 Å². The van der Waals surface area contributed by atoms with Crippen LogP contribution in [0.1, 0.15) is 19.4 Å². The number of carbonyl (C=O) groups is 2. The summed E-state index contributed by atoms with van der Waals surface area (Å²) in [5.41, 5.74) is -0.0824. The third kappa shape index (κ3) is 4.31. The molecule has 0 unspecified atom stereocenters. The Morgan fingerprint density at radius 1 is 1.32 bits per heavy atom. The second-order valence-corrected chi connectivity index (χ2v) is 4.42. The molecular formula is C13H15F2NO3. The second-order valence-electron chi connectivity index (χ2n) is 4.42. The molecule has 0 heterocycles. The Kier molecular flexibility index (Phi) is 4.97. The van der Waals surface area contributed by atoms with Gasteiger partial charge in [-0.1, -0.05) is 0 Å². The van der Waals surface area contributed by atoms with Gasteiger partial charge in [-0.25, -0.2) is 8.78 Å². The third-order valence-electron chi connectivity index (χ3n) is 2.60. The zero-order valence-corrected chi connectivity index (χ0v) is 10.7. The molecule has 6 heteroatoms. The van der Waals surface area contributed by atoms with Crippen LogP contribution in [0.25, 0.3) is 0 Å². The third-order valence-corrected chi connectivity index (χ3v) is 2.60. The lowest BCUT2D eigenvalue weighted by molar-refractivity contribution is -0.145. The van der Waals surface area contributed by atoms with Crippen molar-refractivity contribution >= 4 is 11.9 Å². The van der Waals surface area contributed by atoms with E-state index in [2.05, 4.69) is 0 Å². The molecule has 1 rings (SSSR count). The maximum Gasteiger partial charge on any atom is 0.323 e. The van der Waals surface area contributed by atoms with Crippen molar-refractivity contribution in [3.8, 4) is 0 Å². The monoisotopic (exact) mass is 271 g/mol. The minimum Gasteiger partial charge on any atom is -0.480 e. The van der Waals surface area contributed by atoms with Gasteiger partial charge in [-0.05, 0) is 32.0 Å². The molecule has 0 bridgehead atoms. The van der Waals surface area contributed by atoms with Crippen LogP contribution in [0.5, 0.6) is 0 Å². The summed E-state index contributed by atoms with van der Waals surface area (Å²) in [6, 6.07) is 2.50. The van der Waals surface area contributed by atoms with Crippen molar-refractivity contribution in [1.82, 2.24) is 4.90 Å². The van der Waals surface area contributed by atoms with Crippen molar-refractivity contribution in [3.05, 3.63) is 35.4 Å². The molecule has 0 saturated heterocycles. The first kappa shape index (κ1) is 15.1. The molecule has 0 aromatic heterocycles. The molecule has 0 atom stereocenters. The number of carboxylic acids is 1. The fourth-order valence-corrected chi connectivity index (χ4v) is 1.65. The minimum absolute atomic E-state index is 0.0824. The molecule has 4 nitrogen and oxygen atoms in total. The molecule has 0 fully saturated rings. The quantitative estimate of drug-likeness (QED) is 0.888. The highest BCUT2D eigenvalue weighted by Crippen LogP contribution is 2.12. The Balaban J connectivity index is 2.87. The van der Waals surface area contributed by atoms with Crippen LogP contribution in [0, 0.1) is 11.6 Å². The van der Waals surface area contributed by atoms with Crippen LogP contribution < -0.4 is 0 Å². The molecule has 19 heavy (non-hydrogen) atoms. The van der Waals surface area contributed by atoms with Crippen molar-refractivity contribution in [1.29, 1.82) is 0 Å². The molecule has 1 N–H and O–H groups in total. The van der Waals surface area contributed by atoms with Crippen molar-refractivity contribution in [2.75, 3.05) is 6.54 Å². The van der Waals surface area contributed by atoms with Crippen LogP contribution in [0.3, 0.4) is 0 Å². The first-order chi connectivity index (χ1) is 8.81. The van der Waals surface area contributed by atoms with Gasteiger partial charge in [-0.3, -0.25) is 9.59 Å². The molecule has 1 aromatic carbocycles. The average molecular weight is 271 g/mol. The highest BCUT2D eigenvalue weighted by Gasteiger charge is 2.21. The van der Waals surface area contributed by atoms with Crippen molar-refractivity contribution in [2.45, 2.75) is 26.3 Å². The van der Waals surface area contributed by atoms with Gasteiger partial charge in [0.05, 0.1) is 6.42 Å². The topological polar surface area (TPSA) is 57.6 Å². The van der Waals surface area contributed by atoms with Gasteiger partial charge in [0.15, 0.2) is 0 Å². The second kappa shape index (κ2) is 6.26. The summed E-state index contributed by atoms with van der Waals surface area (Å²) in [7, 11) is 0. The van der Waals surface area contributed by atoms with Crippen molar-refractivity contribution < 1.29 is 23.5 Å². The van der Waals surface area contributed by atoms with Crippen molar-refractivity contribution in [2.24, 2.45) is 0 Å². The number of benzene rings is 1. The Morgan fingerprint density at radius 3 is 2.47 bits per heavy atom. The van der Waals surface area contributed by atoms with Gasteiger partial charge in [0.1, 0.15) is 18.2 Å². The Labute approximate surface area is 109 Å². The lowest BCUT2D eigenvalue weighted by atomic mass is 10.1. The normalized spacial score (nSPS) is 10.6. The lowest BCUT2D eigenvalue weighted by Gasteiger charge is -2.25. The van der Waals surface area contributed by atoms with E-state index in [9.17, 15) is 18.4 Å². The van der Waals surface area contributed by atoms with E-state index in [1.54, 1.807) is 13.8 Å². The number of halogens is 2. The number of carboxylic acid groups (broad SMARTS) is 1. The standard InChI is InChI=1S/C13H15F2NO3/c1-8(2)16(7-13(18)19)12(17)6-9-5-10(14)3-4-11(9)15/h3-5,8H,6-7H2,1-2H3,(H,18,19). The number of aliphatic carboxylic acids is 1. The molecule has 0 spiro atoms. The highest BCUT2D eigenvalue weighted by atomic mass is 19.1. The molecule has 0 aliphatic heterocycles. The number of nitrogens with zero attached hydrogens (tertiary/aromatic N) is 1. The van der Waals surface area contributed by atoms with Crippen LogP contribution in [0.15, 0.2) is 18.2 Å². The zero-order chi connectivity index (χ0) is 14.6. The largest absolute Gasteiger partial charge is 0.480 e. The summed E-state index contributed by atoms with van der Waals surface area (Å²) in [6.45, 7) is 2.85. The van der Waals surface area contributed by atoms with Crippen molar-refractivity contribution in [3.63, 3.8) is 0 Å². The number of carbonyl (C=O) groups excluding carboxylic acids is 1. The maximum absolute atomic E-state index is 13.4. The zero-order valence-electron chi connectivity index (χ0n) is 10.7. The molecule has 0 aliphatic rings. The lowest BCUT2D eigenvalue weighted by Crippen LogP contribution is -2.41. The summed E-state index contributed by atoms with van der Waals surface area (Å²) in [5, 5.41) is 8.72. The predicted molar refractivity (Wildman–Crippen MR) is 64.5 cm³/mol. The van der Waals surface area contributed by atoms with Gasteiger partial charge in [-0.2, -0.15) is 0 Å². The van der Waals surface area contributed by atoms with E-state index in [0.717, 1.165) is 23.1 Å². The molecule has 1 aromatic rings. The highest BCUT2D eigenvalue weighted by molar-refractivity contribution is 5.83. The molecule has 1 amide bonds. The van der Waals surface area contributed by atoms with Gasteiger partial charge in [-0.15, -0.1) is 0 Å². The molecular weight excluding hydrogens is 256 g/mol. The van der Waals surface area contributed by atoms with Gasteiger partial charge >= 0.3 is 5.97 Å². The minimum atomic E-state index is -1.15. The van der Waals surface area contributed by atoms with Gasteiger partial charge in [0, 0.05) is 11.6 Å². The number of rotatable bonds is 5. The molecule has 0 aliphatic carbocycles. The maximum atomic E-state index is 13.4. The summed E-state index contributed by atoms with van der Waals surface area (Å²) < 4.78 is 26.4. The van der Waals surface area contributed by atoms with E-state index >= 15 is 0 Å². The number of hydrogen-bond acceptors (Lipinski definition) is 2. The predicted octanol–water partition coefficient (Wildman–Crippen LogP) is 1.83. The summed E-state index contributed by atoms with van der Waals surface area (Å²) in [5.74, 6) is -3.03. The Hall–Kier alpha value is -1.98. The molecule has 104 valence electrons. The fraction of sp³-hybridized carbons (Fsp3) is 0.385.